The zero-order chi connectivity index (χ0) is 20.3. The highest BCUT2D eigenvalue weighted by Crippen LogP contribution is 2.67. The van der Waals surface area contributed by atoms with Gasteiger partial charge < -0.3 is 10.2 Å². The molecule has 0 aromatic rings. The van der Waals surface area contributed by atoms with Gasteiger partial charge in [-0.25, -0.2) is 0 Å². The third-order valence-corrected chi connectivity index (χ3v) is 10.0. The van der Waals surface area contributed by atoms with Crippen molar-refractivity contribution in [3.63, 3.8) is 0 Å². The van der Waals surface area contributed by atoms with Crippen LogP contribution < -0.4 is 0 Å². The van der Waals surface area contributed by atoms with Gasteiger partial charge in [0.25, 0.3) is 0 Å². The maximum Gasteiger partial charge on any atom is 0.303 e. The van der Waals surface area contributed by atoms with Gasteiger partial charge >= 0.3 is 5.97 Å². The molecule has 2 N–H and O–H groups in total. The van der Waals surface area contributed by atoms with Gasteiger partial charge in [0.05, 0.1) is 6.10 Å². The molecule has 28 heavy (non-hydrogen) atoms. The summed E-state index contributed by atoms with van der Waals surface area (Å²) in [6, 6.07) is 0. The van der Waals surface area contributed by atoms with E-state index in [9.17, 15) is 14.7 Å². The van der Waals surface area contributed by atoms with Crippen LogP contribution in [0.4, 0.5) is 0 Å². The number of carboxylic acids is 1. The number of hydrogen-bond acceptors (Lipinski definition) is 3. The van der Waals surface area contributed by atoms with Gasteiger partial charge in [-0.2, -0.15) is 0 Å². The number of carboxylic acid groups (broad SMARTS) is 1. The van der Waals surface area contributed by atoms with Crippen molar-refractivity contribution in [2.45, 2.75) is 91.1 Å². The van der Waals surface area contributed by atoms with Crippen molar-refractivity contribution in [3.8, 4) is 0 Å². The molecular formula is C24H38O4. The van der Waals surface area contributed by atoms with Crippen LogP contribution >= 0.6 is 0 Å². The van der Waals surface area contributed by atoms with E-state index in [-0.39, 0.29) is 29.3 Å². The van der Waals surface area contributed by atoms with Crippen LogP contribution in [-0.4, -0.2) is 28.1 Å². The fourth-order valence-corrected chi connectivity index (χ4v) is 8.44. The molecule has 4 aliphatic carbocycles. The average Bonchev–Trinajstić information content (AvgIpc) is 2.98. The molecule has 0 heterocycles. The number of hydrogen-bond donors (Lipinski definition) is 2. The lowest BCUT2D eigenvalue weighted by Crippen LogP contribution is -2.57. The predicted octanol–water partition coefficient (Wildman–Crippen LogP) is 4.69. The SMILES string of the molecule is C[C@H](CCC(=O)O)C1CCC2[C@H]3C(=O)C[C@@H]4C[C@H](O)CC[C@]4(C)C3CC[C@@]21C. The van der Waals surface area contributed by atoms with Gasteiger partial charge in [0.2, 0.25) is 0 Å². The van der Waals surface area contributed by atoms with E-state index in [1.807, 2.05) is 0 Å². The van der Waals surface area contributed by atoms with Gasteiger partial charge in [0.1, 0.15) is 5.78 Å². The zero-order valence-corrected chi connectivity index (χ0v) is 17.8. The number of aliphatic hydroxyl groups is 1. The lowest BCUT2D eigenvalue weighted by atomic mass is 9.44. The van der Waals surface area contributed by atoms with Crippen LogP contribution in [0.5, 0.6) is 0 Å². The molecule has 0 radical (unpaired) electrons. The first-order valence-corrected chi connectivity index (χ1v) is 11.6. The van der Waals surface area contributed by atoms with Gasteiger partial charge in [-0.05, 0) is 91.8 Å². The number of aliphatic hydroxyl groups excluding tert-OH is 1. The second-order valence-electron chi connectivity index (χ2n) is 11.2. The van der Waals surface area contributed by atoms with E-state index in [1.54, 1.807) is 0 Å². The molecule has 158 valence electrons. The van der Waals surface area contributed by atoms with Crippen LogP contribution in [0.25, 0.3) is 0 Å². The largest absolute Gasteiger partial charge is 0.481 e. The lowest BCUT2D eigenvalue weighted by Gasteiger charge is -2.60. The third-order valence-electron chi connectivity index (χ3n) is 10.0. The quantitative estimate of drug-likeness (QED) is 0.730. The normalized spacial score (nSPS) is 49.1. The summed E-state index contributed by atoms with van der Waals surface area (Å²) in [7, 11) is 0. The second-order valence-corrected chi connectivity index (χ2v) is 11.2. The van der Waals surface area contributed by atoms with E-state index in [2.05, 4.69) is 20.8 Å². The van der Waals surface area contributed by atoms with E-state index >= 15 is 0 Å². The Balaban J connectivity index is 1.56. The molecule has 0 aliphatic heterocycles. The van der Waals surface area contributed by atoms with Gasteiger partial charge in [0, 0.05) is 18.8 Å². The molecule has 4 rings (SSSR count). The zero-order valence-electron chi connectivity index (χ0n) is 17.8. The van der Waals surface area contributed by atoms with Crippen LogP contribution in [0.2, 0.25) is 0 Å². The van der Waals surface area contributed by atoms with Crippen LogP contribution in [0, 0.1) is 46.3 Å². The Morgan fingerprint density at radius 2 is 1.79 bits per heavy atom. The molecule has 3 unspecified atom stereocenters. The second kappa shape index (κ2) is 7.11. The first kappa shape index (κ1) is 20.4. The van der Waals surface area contributed by atoms with E-state index in [4.69, 9.17) is 5.11 Å². The summed E-state index contributed by atoms with van der Waals surface area (Å²) in [5.74, 6) is 2.25. The van der Waals surface area contributed by atoms with Crippen molar-refractivity contribution in [2.24, 2.45) is 46.3 Å². The standard InChI is InChI=1S/C24H38O4/c1-14(4-7-21(27)28)17-5-6-18-22-19(9-11-24(17,18)3)23(2)10-8-16(25)12-15(23)13-20(22)26/h14-19,22,25H,4-13H2,1-3H3,(H,27,28)/t14-,15+,16-,17?,18?,19?,22-,23+,24-/m1/s1. The van der Waals surface area contributed by atoms with Gasteiger partial charge in [-0.15, -0.1) is 0 Å². The molecule has 4 saturated carbocycles. The molecule has 4 fully saturated rings. The number of fused-ring (bicyclic) bond motifs is 5. The van der Waals surface area contributed by atoms with Crippen molar-refractivity contribution in [1.29, 1.82) is 0 Å². The predicted molar refractivity (Wildman–Crippen MR) is 108 cm³/mol. The van der Waals surface area contributed by atoms with Crippen molar-refractivity contribution < 1.29 is 19.8 Å². The minimum Gasteiger partial charge on any atom is -0.481 e. The number of carbonyl (C=O) groups excluding carboxylic acids is 1. The summed E-state index contributed by atoms with van der Waals surface area (Å²) in [5, 5.41) is 19.3. The van der Waals surface area contributed by atoms with Gasteiger partial charge in [-0.1, -0.05) is 20.8 Å². The number of ketones is 1. The highest BCUT2D eigenvalue weighted by molar-refractivity contribution is 5.83. The van der Waals surface area contributed by atoms with E-state index in [1.165, 1.54) is 6.42 Å². The maximum atomic E-state index is 13.3. The molecule has 9 atom stereocenters. The Morgan fingerprint density at radius 1 is 1.11 bits per heavy atom. The van der Waals surface area contributed by atoms with E-state index in [0.717, 1.165) is 44.9 Å². The first-order valence-electron chi connectivity index (χ1n) is 11.6. The van der Waals surface area contributed by atoms with Crippen molar-refractivity contribution >= 4 is 11.8 Å². The Labute approximate surface area is 169 Å². The molecule has 0 spiro atoms. The van der Waals surface area contributed by atoms with Gasteiger partial charge in [0.15, 0.2) is 0 Å². The summed E-state index contributed by atoms with van der Waals surface area (Å²) in [4.78, 5) is 24.4. The van der Waals surface area contributed by atoms with Crippen molar-refractivity contribution in [3.05, 3.63) is 0 Å². The molecule has 4 nitrogen and oxygen atoms in total. The van der Waals surface area contributed by atoms with Crippen molar-refractivity contribution in [2.75, 3.05) is 0 Å². The van der Waals surface area contributed by atoms with Crippen LogP contribution in [-0.2, 0) is 9.59 Å². The van der Waals surface area contributed by atoms with Crippen LogP contribution in [0.1, 0.15) is 85.0 Å². The fourth-order valence-electron chi connectivity index (χ4n) is 8.44. The van der Waals surface area contributed by atoms with Crippen LogP contribution in [0.3, 0.4) is 0 Å². The third kappa shape index (κ3) is 3.05. The average molecular weight is 391 g/mol. The molecular weight excluding hydrogens is 352 g/mol. The van der Waals surface area contributed by atoms with Gasteiger partial charge in [-0.3, -0.25) is 9.59 Å². The maximum absolute atomic E-state index is 13.3. The lowest BCUT2D eigenvalue weighted by molar-refractivity contribution is -0.160. The first-order chi connectivity index (χ1) is 13.2. The summed E-state index contributed by atoms with van der Waals surface area (Å²) in [6.45, 7) is 7.06. The Hall–Kier alpha value is -0.900. The molecule has 0 aromatic heterocycles. The number of rotatable bonds is 4. The highest BCUT2D eigenvalue weighted by atomic mass is 16.4. The highest BCUT2D eigenvalue weighted by Gasteiger charge is 2.62. The number of aliphatic carboxylic acids is 1. The van der Waals surface area contributed by atoms with E-state index < -0.39 is 5.97 Å². The van der Waals surface area contributed by atoms with E-state index in [0.29, 0.717) is 41.8 Å². The molecule has 0 aromatic carbocycles. The fraction of sp³-hybridized carbons (Fsp3) is 0.917. The Bertz CT molecular complexity index is 645. The van der Waals surface area contributed by atoms with Crippen molar-refractivity contribution in [1.82, 2.24) is 0 Å². The summed E-state index contributed by atoms with van der Waals surface area (Å²) < 4.78 is 0. The summed E-state index contributed by atoms with van der Waals surface area (Å²) in [5.41, 5.74) is 0.401. The number of carbonyl (C=O) groups is 2. The smallest absolute Gasteiger partial charge is 0.303 e. The summed E-state index contributed by atoms with van der Waals surface area (Å²) in [6.07, 6.45) is 8.81. The Morgan fingerprint density at radius 3 is 2.50 bits per heavy atom. The molecule has 0 bridgehead atoms. The monoisotopic (exact) mass is 390 g/mol. The van der Waals surface area contributed by atoms with Crippen LogP contribution in [0.15, 0.2) is 0 Å². The molecule has 4 heteroatoms. The minimum atomic E-state index is -0.698. The molecule has 0 amide bonds. The Kier molecular flexibility index (Phi) is 5.17. The summed E-state index contributed by atoms with van der Waals surface area (Å²) >= 11 is 0. The molecule has 0 saturated heterocycles. The number of Topliss-reactive ketones (excluding diaryl/α,β-unsaturated/α-hetero) is 1. The topological polar surface area (TPSA) is 74.6 Å². The minimum absolute atomic E-state index is 0.187. The molecule has 4 aliphatic rings.